The van der Waals surface area contributed by atoms with E-state index < -0.39 is 16.5 Å². The molecule has 0 saturated heterocycles. The molecule has 0 aliphatic rings. The molecule has 174 valence electrons. The van der Waals surface area contributed by atoms with Crippen LogP contribution >= 0.6 is 0 Å². The third-order valence-corrected chi connectivity index (χ3v) is 1.94. The van der Waals surface area contributed by atoms with Gasteiger partial charge in [-0.3, -0.25) is 4.55 Å². The van der Waals surface area contributed by atoms with Crippen LogP contribution in [0.5, 0.6) is 0 Å². The van der Waals surface area contributed by atoms with E-state index in [1.54, 1.807) is 13.8 Å². The van der Waals surface area contributed by atoms with Gasteiger partial charge in [-0.25, -0.2) is 4.18 Å². The highest BCUT2D eigenvalue weighted by Crippen LogP contribution is 1.99. The topological polar surface area (TPSA) is 113 Å². The molecule has 0 aromatic carbocycles. The summed E-state index contributed by atoms with van der Waals surface area (Å²) in [6, 6.07) is 0. The van der Waals surface area contributed by atoms with Gasteiger partial charge in [0.25, 0.3) is 0 Å². The SMILES string of the molecule is C=C.C=C.C=C.C=C.C=C.CCC(C)OS(=O)(=O)O.CCOCC.OCCO. The van der Waals surface area contributed by atoms with E-state index >= 15 is 0 Å². The minimum atomic E-state index is -4.24. The lowest BCUT2D eigenvalue weighted by Crippen LogP contribution is -2.12. The van der Waals surface area contributed by atoms with Crippen molar-refractivity contribution in [2.75, 3.05) is 26.4 Å². The van der Waals surface area contributed by atoms with Gasteiger partial charge in [0, 0.05) is 13.2 Å². The molecule has 0 aliphatic heterocycles. The molecular weight excluding hydrogens is 384 g/mol. The molecule has 0 bridgehead atoms. The summed E-state index contributed by atoms with van der Waals surface area (Å²) in [6.45, 7) is 38.7. The molecule has 3 N–H and O–H groups in total. The molecular formula is C20H46O7S. The van der Waals surface area contributed by atoms with E-state index in [4.69, 9.17) is 19.5 Å². The third-order valence-electron chi connectivity index (χ3n) is 1.37. The zero-order valence-corrected chi connectivity index (χ0v) is 19.4. The van der Waals surface area contributed by atoms with Crippen LogP contribution in [0.4, 0.5) is 0 Å². The van der Waals surface area contributed by atoms with E-state index in [0.29, 0.717) is 6.42 Å². The van der Waals surface area contributed by atoms with Crippen molar-refractivity contribution >= 4 is 10.4 Å². The maximum Gasteiger partial charge on any atom is 0.397 e. The molecule has 0 aromatic heterocycles. The quantitative estimate of drug-likeness (QED) is 0.416. The van der Waals surface area contributed by atoms with Crippen LogP contribution in [0.25, 0.3) is 0 Å². The largest absolute Gasteiger partial charge is 0.397 e. The lowest BCUT2D eigenvalue weighted by molar-refractivity contribution is 0.162. The molecule has 0 spiro atoms. The first-order valence-corrected chi connectivity index (χ1v) is 9.60. The number of hydrogen-bond donors (Lipinski definition) is 3. The first-order chi connectivity index (χ1) is 13.3. The second-order valence-corrected chi connectivity index (χ2v) is 4.02. The number of aliphatic hydroxyl groups is 2. The van der Waals surface area contributed by atoms with Crippen molar-refractivity contribution in [2.45, 2.75) is 40.2 Å². The van der Waals surface area contributed by atoms with Gasteiger partial charge in [-0.15, -0.1) is 65.8 Å². The van der Waals surface area contributed by atoms with Crippen LogP contribution in [0.15, 0.2) is 65.8 Å². The lowest BCUT2D eigenvalue weighted by atomic mass is 10.3. The Kier molecular flexibility index (Phi) is 131. The monoisotopic (exact) mass is 430 g/mol. The fraction of sp³-hybridized carbons (Fsp3) is 0.500. The Morgan fingerprint density at radius 1 is 0.750 bits per heavy atom. The molecule has 0 saturated carbocycles. The molecule has 28 heavy (non-hydrogen) atoms. The standard InChI is InChI=1S/C4H10O4S.C4H10O.C2H6O2.5C2H4/c1-3-4(2)8-9(5,6)7;1-3-5-4-2;3-1-2-4;5*1-2/h4H,3H2,1-2H3,(H,5,6,7);3-4H2,1-2H3;3-4H,1-2H2;5*1-2H2. The first-order valence-electron chi connectivity index (χ1n) is 8.24. The molecule has 0 fully saturated rings. The Hall–Kier alpha value is -1.55. The Balaban J connectivity index is -0.0000000304. The Bertz CT molecular complexity index is 281. The molecule has 0 heterocycles. The molecule has 0 aromatic rings. The summed E-state index contributed by atoms with van der Waals surface area (Å²) >= 11 is 0. The van der Waals surface area contributed by atoms with Gasteiger partial charge in [0.05, 0.1) is 19.3 Å². The summed E-state index contributed by atoms with van der Waals surface area (Å²) in [4.78, 5) is 0. The van der Waals surface area contributed by atoms with Crippen LogP contribution in [0.2, 0.25) is 0 Å². The summed E-state index contributed by atoms with van der Waals surface area (Å²) in [6.07, 6.45) is 0.111. The average molecular weight is 431 g/mol. The second-order valence-electron chi connectivity index (χ2n) is 2.97. The van der Waals surface area contributed by atoms with Gasteiger partial charge in [0.1, 0.15) is 0 Å². The number of aliphatic hydroxyl groups excluding tert-OH is 2. The van der Waals surface area contributed by atoms with Gasteiger partial charge in [0.2, 0.25) is 0 Å². The van der Waals surface area contributed by atoms with E-state index in [2.05, 4.69) is 70.0 Å². The van der Waals surface area contributed by atoms with Crippen LogP contribution < -0.4 is 0 Å². The Labute approximate surface area is 175 Å². The van der Waals surface area contributed by atoms with E-state index in [-0.39, 0.29) is 13.2 Å². The van der Waals surface area contributed by atoms with Crippen LogP contribution in [-0.4, -0.2) is 55.7 Å². The predicted octanol–water partition coefficient (Wildman–Crippen LogP) is 4.63. The van der Waals surface area contributed by atoms with Crippen LogP contribution in [0.3, 0.4) is 0 Å². The van der Waals surface area contributed by atoms with E-state index in [0.717, 1.165) is 13.2 Å². The van der Waals surface area contributed by atoms with Gasteiger partial charge < -0.3 is 14.9 Å². The molecule has 1 atom stereocenters. The smallest absolute Gasteiger partial charge is 0.394 e. The van der Waals surface area contributed by atoms with Crippen molar-refractivity contribution < 1.29 is 32.1 Å². The third kappa shape index (κ3) is 188. The van der Waals surface area contributed by atoms with Gasteiger partial charge in [-0.2, -0.15) is 8.42 Å². The fourth-order valence-electron chi connectivity index (χ4n) is 0.480. The van der Waals surface area contributed by atoms with Crippen molar-refractivity contribution in [3.63, 3.8) is 0 Å². The zero-order chi connectivity index (χ0) is 25.0. The number of hydrogen-bond acceptors (Lipinski definition) is 6. The van der Waals surface area contributed by atoms with Gasteiger partial charge in [-0.1, -0.05) is 6.92 Å². The molecule has 0 aliphatic carbocycles. The van der Waals surface area contributed by atoms with E-state index in [1.807, 2.05) is 13.8 Å². The van der Waals surface area contributed by atoms with Gasteiger partial charge in [-0.05, 0) is 27.2 Å². The van der Waals surface area contributed by atoms with Crippen LogP contribution in [0, 0.1) is 0 Å². The normalized spacial score (nSPS) is 8.25. The summed E-state index contributed by atoms with van der Waals surface area (Å²) in [5.74, 6) is 0. The molecule has 7 nitrogen and oxygen atoms in total. The van der Waals surface area contributed by atoms with Crippen molar-refractivity contribution in [1.82, 2.24) is 0 Å². The minimum Gasteiger partial charge on any atom is -0.394 e. The predicted molar refractivity (Wildman–Crippen MR) is 125 cm³/mol. The highest BCUT2D eigenvalue weighted by atomic mass is 32.3. The average Bonchev–Trinajstić information content (AvgIpc) is 2.75. The number of ether oxygens (including phenoxy) is 1. The van der Waals surface area contributed by atoms with Crippen molar-refractivity contribution in [1.29, 1.82) is 0 Å². The van der Waals surface area contributed by atoms with Gasteiger partial charge >= 0.3 is 10.4 Å². The highest BCUT2D eigenvalue weighted by molar-refractivity contribution is 7.80. The maximum atomic E-state index is 9.93. The molecule has 1 unspecified atom stereocenters. The summed E-state index contributed by atoms with van der Waals surface area (Å²) in [7, 11) is -4.24. The maximum absolute atomic E-state index is 9.93. The van der Waals surface area contributed by atoms with Crippen molar-refractivity contribution in [2.24, 2.45) is 0 Å². The van der Waals surface area contributed by atoms with E-state index in [9.17, 15) is 8.42 Å². The highest BCUT2D eigenvalue weighted by Gasteiger charge is 2.08. The molecule has 0 radical (unpaired) electrons. The summed E-state index contributed by atoms with van der Waals surface area (Å²) in [5, 5.41) is 15.2. The summed E-state index contributed by atoms with van der Waals surface area (Å²) in [5.41, 5.74) is 0. The fourth-order valence-corrected chi connectivity index (χ4v) is 1.03. The van der Waals surface area contributed by atoms with Gasteiger partial charge in [0.15, 0.2) is 0 Å². The minimum absolute atomic E-state index is 0.125. The Morgan fingerprint density at radius 2 is 1.00 bits per heavy atom. The zero-order valence-electron chi connectivity index (χ0n) is 18.6. The molecule has 0 amide bonds. The van der Waals surface area contributed by atoms with Crippen molar-refractivity contribution in [3.05, 3.63) is 65.8 Å². The lowest BCUT2D eigenvalue weighted by Gasteiger charge is -2.04. The Morgan fingerprint density at radius 3 is 1.04 bits per heavy atom. The van der Waals surface area contributed by atoms with Crippen LogP contribution in [0.1, 0.15) is 34.1 Å². The van der Waals surface area contributed by atoms with Crippen molar-refractivity contribution in [3.8, 4) is 0 Å². The molecule has 8 heteroatoms. The first kappa shape index (κ1) is 50.3. The molecule has 0 rings (SSSR count). The summed E-state index contributed by atoms with van der Waals surface area (Å²) < 4.78 is 36.9. The second kappa shape index (κ2) is 72.9. The van der Waals surface area contributed by atoms with Crippen LogP contribution in [-0.2, 0) is 19.3 Å². The number of rotatable bonds is 6. The van der Waals surface area contributed by atoms with E-state index in [1.165, 1.54) is 0 Å².